The van der Waals surface area contributed by atoms with Crippen LogP contribution in [0, 0.1) is 17.3 Å². The minimum atomic E-state index is -1.13. The summed E-state index contributed by atoms with van der Waals surface area (Å²) in [4.78, 5) is 14.9. The summed E-state index contributed by atoms with van der Waals surface area (Å²) in [5.74, 6) is 0.332. The van der Waals surface area contributed by atoms with Gasteiger partial charge in [0.15, 0.2) is 9.04 Å². The Kier molecular flexibility index (Phi) is 6.83. The summed E-state index contributed by atoms with van der Waals surface area (Å²) in [7, 11) is -1.13. The maximum absolute atomic E-state index is 13.0. The summed E-state index contributed by atoms with van der Waals surface area (Å²) in [5.41, 5.74) is 1.13. The van der Waals surface area contributed by atoms with Crippen LogP contribution in [0.25, 0.3) is 0 Å². The van der Waals surface area contributed by atoms with Gasteiger partial charge in [-0.25, -0.2) is 0 Å². The molecule has 1 aromatic rings. The molecule has 2 rings (SSSR count). The van der Waals surface area contributed by atoms with Crippen LogP contribution in [-0.2, 0) is 15.8 Å². The van der Waals surface area contributed by atoms with E-state index in [0.717, 1.165) is 5.56 Å². The second-order valence-electron chi connectivity index (χ2n) is 8.41. The van der Waals surface area contributed by atoms with Gasteiger partial charge in [-0.3, -0.25) is 4.79 Å². The van der Waals surface area contributed by atoms with Gasteiger partial charge >= 0.3 is 0 Å². The van der Waals surface area contributed by atoms with Gasteiger partial charge in [0.25, 0.3) is 0 Å². The Morgan fingerprint density at radius 3 is 2.40 bits per heavy atom. The quantitative estimate of drug-likeness (QED) is 0.570. The van der Waals surface area contributed by atoms with Crippen LogP contribution in [0.15, 0.2) is 30.3 Å². The molecule has 1 aliphatic heterocycles. The molecule has 3 atom stereocenters. The number of likely N-dealkylation sites (tertiary alicyclic amines) is 1. The zero-order chi connectivity index (χ0) is 18.6. The smallest absolute Gasteiger partial charge is 0.228 e. The third kappa shape index (κ3) is 4.93. The molecular formula is C20H33NO3Si. The summed E-state index contributed by atoms with van der Waals surface area (Å²) in [6, 6.07) is 10.2. The molecule has 1 amide bonds. The zero-order valence-electron chi connectivity index (χ0n) is 16.2. The van der Waals surface area contributed by atoms with Gasteiger partial charge in [0.05, 0.1) is 5.92 Å². The molecule has 1 saturated heterocycles. The first kappa shape index (κ1) is 20.1. The van der Waals surface area contributed by atoms with Crippen LogP contribution in [0.4, 0.5) is 0 Å². The van der Waals surface area contributed by atoms with Crippen molar-refractivity contribution in [2.75, 3.05) is 13.2 Å². The van der Waals surface area contributed by atoms with Crippen LogP contribution >= 0.6 is 0 Å². The third-order valence-corrected chi connectivity index (χ3v) is 6.02. The minimum Gasteiger partial charge on any atom is -0.420 e. The molecule has 1 aliphatic rings. The third-order valence-electron chi connectivity index (χ3n) is 5.16. The number of aliphatic hydroxyl groups excluding tert-OH is 1. The summed E-state index contributed by atoms with van der Waals surface area (Å²) in [5, 5.41) is 9.53. The molecular weight excluding hydrogens is 330 g/mol. The van der Waals surface area contributed by atoms with Gasteiger partial charge in [-0.2, -0.15) is 0 Å². The summed E-state index contributed by atoms with van der Waals surface area (Å²) in [6.07, 6.45) is 0.634. The van der Waals surface area contributed by atoms with Crippen molar-refractivity contribution in [3.8, 4) is 0 Å². The Morgan fingerprint density at radius 2 is 1.88 bits per heavy atom. The molecule has 0 radical (unpaired) electrons. The van der Waals surface area contributed by atoms with Gasteiger partial charge < -0.3 is 14.4 Å². The predicted molar refractivity (Wildman–Crippen MR) is 104 cm³/mol. The number of nitrogens with zero attached hydrogens (tertiary/aromatic N) is 1. The number of rotatable bonds is 8. The Balaban J connectivity index is 2.16. The van der Waals surface area contributed by atoms with E-state index in [1.165, 1.54) is 0 Å². The van der Waals surface area contributed by atoms with Gasteiger partial charge in [-0.05, 0) is 36.4 Å². The molecule has 1 fully saturated rings. The molecule has 5 heteroatoms. The van der Waals surface area contributed by atoms with E-state index in [2.05, 4.69) is 33.9 Å². The number of aliphatic hydroxyl groups is 1. The SMILES string of the molecule is C[SiH](C)OC[C@H]([C@@H]1C(=O)N(Cc2ccccc2)[C@@H]1CCO)C(C)(C)C. The van der Waals surface area contributed by atoms with E-state index in [4.69, 9.17) is 4.43 Å². The van der Waals surface area contributed by atoms with E-state index < -0.39 is 9.04 Å². The molecule has 0 bridgehead atoms. The Hall–Kier alpha value is -1.17. The van der Waals surface area contributed by atoms with E-state index in [1.54, 1.807) is 0 Å². The molecule has 1 aromatic carbocycles. The van der Waals surface area contributed by atoms with Gasteiger partial charge in [-0.1, -0.05) is 51.1 Å². The van der Waals surface area contributed by atoms with Crippen molar-refractivity contribution in [2.24, 2.45) is 17.3 Å². The molecule has 0 spiro atoms. The summed E-state index contributed by atoms with van der Waals surface area (Å²) < 4.78 is 6.02. The molecule has 0 saturated carbocycles. The summed E-state index contributed by atoms with van der Waals surface area (Å²) in [6.45, 7) is 12.3. The maximum atomic E-state index is 13.0. The number of hydrogen-bond acceptors (Lipinski definition) is 3. The van der Waals surface area contributed by atoms with Gasteiger partial charge in [-0.15, -0.1) is 0 Å². The fraction of sp³-hybridized carbons (Fsp3) is 0.650. The van der Waals surface area contributed by atoms with Crippen LogP contribution < -0.4 is 0 Å². The van der Waals surface area contributed by atoms with Crippen molar-refractivity contribution in [3.63, 3.8) is 0 Å². The molecule has 4 nitrogen and oxygen atoms in total. The Morgan fingerprint density at radius 1 is 1.24 bits per heavy atom. The van der Waals surface area contributed by atoms with E-state index in [9.17, 15) is 9.90 Å². The normalized spacial score (nSPS) is 22.2. The van der Waals surface area contributed by atoms with Crippen LogP contribution in [0.2, 0.25) is 13.1 Å². The van der Waals surface area contributed by atoms with Crippen LogP contribution in [0.3, 0.4) is 0 Å². The number of β-lactam (4-membered cyclic amide) rings is 1. The lowest BCUT2D eigenvalue weighted by molar-refractivity contribution is -0.168. The lowest BCUT2D eigenvalue weighted by Crippen LogP contribution is -2.65. The number of hydrogen-bond donors (Lipinski definition) is 1. The van der Waals surface area contributed by atoms with Gasteiger partial charge in [0.2, 0.25) is 5.91 Å². The van der Waals surface area contributed by atoms with E-state index in [-0.39, 0.29) is 35.8 Å². The van der Waals surface area contributed by atoms with Crippen molar-refractivity contribution in [2.45, 2.75) is 52.9 Å². The first-order chi connectivity index (χ1) is 11.8. The van der Waals surface area contributed by atoms with Crippen molar-refractivity contribution in [1.29, 1.82) is 0 Å². The highest BCUT2D eigenvalue weighted by atomic mass is 28.3. The molecule has 0 unspecified atom stereocenters. The maximum Gasteiger partial charge on any atom is 0.228 e. The standard InChI is InChI=1S/C20H33NO3Si/c1-20(2,3)16(14-24-25(4)5)18-17(11-12-22)21(19(18)23)13-15-9-7-6-8-10-15/h6-10,16-18,22,25H,11-14H2,1-5H3/t16-,17-,18+/m1/s1. The lowest BCUT2D eigenvalue weighted by Gasteiger charge is -2.53. The highest BCUT2D eigenvalue weighted by Crippen LogP contribution is 2.43. The summed E-state index contributed by atoms with van der Waals surface area (Å²) >= 11 is 0. The fourth-order valence-corrected chi connectivity index (χ4v) is 4.30. The molecule has 1 heterocycles. The Bertz CT molecular complexity index is 556. The van der Waals surface area contributed by atoms with Crippen LogP contribution in [0.1, 0.15) is 32.8 Å². The fourth-order valence-electron chi connectivity index (χ4n) is 3.70. The van der Waals surface area contributed by atoms with Crippen LogP contribution in [0.5, 0.6) is 0 Å². The van der Waals surface area contributed by atoms with E-state index in [0.29, 0.717) is 19.6 Å². The van der Waals surface area contributed by atoms with Gasteiger partial charge in [0, 0.05) is 25.8 Å². The largest absolute Gasteiger partial charge is 0.420 e. The lowest BCUT2D eigenvalue weighted by atomic mass is 9.66. The number of amides is 1. The topological polar surface area (TPSA) is 49.8 Å². The Labute approximate surface area is 153 Å². The van der Waals surface area contributed by atoms with Crippen molar-refractivity contribution in [3.05, 3.63) is 35.9 Å². The first-order valence-electron chi connectivity index (χ1n) is 9.32. The zero-order valence-corrected chi connectivity index (χ0v) is 17.4. The van der Waals surface area contributed by atoms with Gasteiger partial charge in [0.1, 0.15) is 0 Å². The van der Waals surface area contributed by atoms with E-state index >= 15 is 0 Å². The minimum absolute atomic E-state index is 0.00381. The highest BCUT2D eigenvalue weighted by molar-refractivity contribution is 6.48. The average Bonchev–Trinajstić information content (AvgIpc) is 2.55. The predicted octanol–water partition coefficient (Wildman–Crippen LogP) is 3.06. The van der Waals surface area contributed by atoms with Crippen molar-refractivity contribution < 1.29 is 14.3 Å². The van der Waals surface area contributed by atoms with Crippen molar-refractivity contribution >= 4 is 14.9 Å². The average molecular weight is 364 g/mol. The molecule has 0 aromatic heterocycles. The number of carbonyl (C=O) groups excluding carboxylic acids is 1. The molecule has 140 valence electrons. The van der Waals surface area contributed by atoms with E-state index in [1.807, 2.05) is 35.2 Å². The first-order valence-corrected chi connectivity index (χ1v) is 12.1. The number of benzene rings is 1. The molecule has 0 aliphatic carbocycles. The highest BCUT2D eigenvalue weighted by Gasteiger charge is 2.53. The second-order valence-corrected chi connectivity index (χ2v) is 10.8. The monoisotopic (exact) mass is 363 g/mol. The van der Waals surface area contributed by atoms with Crippen LogP contribution in [-0.4, -0.2) is 44.2 Å². The second kappa shape index (κ2) is 8.47. The van der Waals surface area contributed by atoms with Crippen molar-refractivity contribution in [1.82, 2.24) is 4.90 Å². The molecule has 25 heavy (non-hydrogen) atoms. The number of carbonyl (C=O) groups is 1. The molecule has 1 N–H and O–H groups in total.